The minimum atomic E-state index is -1.02. The second-order valence-corrected chi connectivity index (χ2v) is 11.6. The summed E-state index contributed by atoms with van der Waals surface area (Å²) < 4.78 is 12.8. The van der Waals surface area contributed by atoms with Crippen LogP contribution >= 0.6 is 11.6 Å². The third-order valence-corrected chi connectivity index (χ3v) is 9.06. The van der Waals surface area contributed by atoms with Crippen molar-refractivity contribution in [3.63, 3.8) is 0 Å². The first-order valence-electron chi connectivity index (χ1n) is 13.5. The molecule has 7 heteroatoms. The van der Waals surface area contributed by atoms with Gasteiger partial charge in [0.15, 0.2) is 0 Å². The van der Waals surface area contributed by atoms with Gasteiger partial charge in [0.2, 0.25) is 5.91 Å². The molecule has 40 heavy (non-hydrogen) atoms. The van der Waals surface area contributed by atoms with E-state index in [1.807, 2.05) is 41.3 Å². The van der Waals surface area contributed by atoms with E-state index in [2.05, 4.69) is 28.1 Å². The Bertz CT molecular complexity index is 1670. The molecule has 1 spiro atoms. The number of fused-ring (bicyclic) bond motifs is 2. The largest absolute Gasteiger partial charge is 0.379 e. The normalized spacial score (nSPS) is 21.0. The Kier molecular flexibility index (Phi) is 5.79. The van der Waals surface area contributed by atoms with Gasteiger partial charge in [-0.3, -0.25) is 9.78 Å². The van der Waals surface area contributed by atoms with Crippen molar-refractivity contribution in [3.05, 3.63) is 106 Å². The average Bonchev–Trinajstić information content (AvgIpc) is 3.91. The Labute approximate surface area is 236 Å². The number of carbonyl (C=O) groups is 2. The molecule has 2 aliphatic carbocycles. The van der Waals surface area contributed by atoms with Crippen molar-refractivity contribution in [2.45, 2.75) is 37.5 Å². The molecule has 7 rings (SSSR count). The lowest BCUT2D eigenvalue weighted by Crippen LogP contribution is -2.34. The Morgan fingerprint density at radius 3 is 2.42 bits per heavy atom. The number of nitrogens with zero attached hydrogens (tertiary/aromatic N) is 2. The predicted molar refractivity (Wildman–Crippen MR) is 152 cm³/mol. The van der Waals surface area contributed by atoms with Crippen LogP contribution in [-0.2, 0) is 15.2 Å². The smallest absolute Gasteiger partial charge is 0.311 e. The van der Waals surface area contributed by atoms with E-state index in [9.17, 15) is 14.1 Å². The van der Waals surface area contributed by atoms with Crippen molar-refractivity contribution in [3.8, 4) is 22.3 Å². The number of anilines is 1. The van der Waals surface area contributed by atoms with Gasteiger partial charge in [-0.1, -0.05) is 48.0 Å². The first kappa shape index (κ1) is 25.0. The van der Waals surface area contributed by atoms with E-state index < -0.39 is 11.4 Å². The molecule has 1 amide bonds. The average molecular weight is 553 g/mol. The van der Waals surface area contributed by atoms with E-state index in [0.29, 0.717) is 29.5 Å². The van der Waals surface area contributed by atoms with Crippen LogP contribution in [0.5, 0.6) is 0 Å². The maximum Gasteiger partial charge on any atom is 0.379 e. The van der Waals surface area contributed by atoms with Crippen molar-refractivity contribution in [1.82, 2.24) is 4.98 Å². The van der Waals surface area contributed by atoms with E-state index in [-0.39, 0.29) is 17.4 Å². The number of carbonyl (C=O) groups excluding carboxylic acids is 2. The summed E-state index contributed by atoms with van der Waals surface area (Å²) in [6, 6.07) is 21.6. The minimum Gasteiger partial charge on any atom is -0.311 e. The van der Waals surface area contributed by atoms with E-state index in [0.717, 1.165) is 51.9 Å². The Morgan fingerprint density at radius 1 is 1.02 bits per heavy atom. The Hall–Kier alpha value is -4.03. The van der Waals surface area contributed by atoms with Gasteiger partial charge < -0.3 is 4.90 Å². The van der Waals surface area contributed by atoms with E-state index in [1.54, 1.807) is 31.5 Å². The number of pyridine rings is 1. The number of aromatic nitrogens is 1. The molecule has 1 aliphatic heterocycles. The highest BCUT2D eigenvalue weighted by atomic mass is 35.5. The molecule has 2 saturated carbocycles. The molecule has 4 aromatic rings. The fourth-order valence-corrected chi connectivity index (χ4v) is 6.54. The minimum absolute atomic E-state index is 0.0795. The maximum absolute atomic E-state index is 14.1. The number of hydrogen-bond acceptors (Lipinski definition) is 4. The summed E-state index contributed by atoms with van der Waals surface area (Å²) in [6.45, 7) is 2.42. The molecule has 2 unspecified atom stereocenters. The number of amides is 1. The highest BCUT2D eigenvalue weighted by Crippen LogP contribution is 2.67. The van der Waals surface area contributed by atoms with Crippen LogP contribution in [0.3, 0.4) is 0 Å². The quantitative estimate of drug-likeness (QED) is 0.247. The summed E-state index contributed by atoms with van der Waals surface area (Å²) >= 11 is 6.89. The third kappa shape index (κ3) is 3.93. The molecule has 0 bridgehead atoms. The van der Waals surface area contributed by atoms with Crippen LogP contribution in [-0.4, -0.2) is 23.4 Å². The molecule has 0 saturated heterocycles. The van der Waals surface area contributed by atoms with Crippen molar-refractivity contribution in [2.75, 3.05) is 11.4 Å². The summed E-state index contributed by atoms with van der Waals surface area (Å²) in [4.78, 5) is 35.7. The van der Waals surface area contributed by atoms with E-state index in [4.69, 9.17) is 11.6 Å². The van der Waals surface area contributed by atoms with Crippen LogP contribution in [0.25, 0.3) is 22.3 Å². The molecular weight excluding hydrogens is 527 g/mol. The zero-order valence-corrected chi connectivity index (χ0v) is 22.6. The van der Waals surface area contributed by atoms with Gasteiger partial charge in [-0.05, 0) is 95.8 Å². The first-order chi connectivity index (χ1) is 19.4. The molecule has 1 aromatic heterocycles. The molecule has 5 nitrogen and oxygen atoms in total. The van der Waals surface area contributed by atoms with Crippen LogP contribution in [0, 0.1) is 12.8 Å². The van der Waals surface area contributed by atoms with Crippen LogP contribution in [0.2, 0.25) is 5.02 Å². The molecule has 2 fully saturated rings. The Balaban J connectivity index is 1.30. The van der Waals surface area contributed by atoms with Gasteiger partial charge in [0.1, 0.15) is 0 Å². The van der Waals surface area contributed by atoms with Gasteiger partial charge in [-0.25, -0.2) is 9.74 Å². The van der Waals surface area contributed by atoms with Gasteiger partial charge in [-0.15, -0.1) is 0 Å². The highest BCUT2D eigenvalue weighted by molar-refractivity contribution is 6.34. The van der Waals surface area contributed by atoms with Crippen molar-refractivity contribution in [1.29, 1.82) is 0 Å². The molecule has 0 N–H and O–H groups in total. The molecule has 2 heterocycles. The van der Waals surface area contributed by atoms with Gasteiger partial charge in [0, 0.05) is 40.6 Å². The summed E-state index contributed by atoms with van der Waals surface area (Å²) in [5.41, 5.74) is 6.74. The number of rotatable bonds is 6. The van der Waals surface area contributed by atoms with Crippen molar-refractivity contribution >= 4 is 29.2 Å². The lowest BCUT2D eigenvalue weighted by atomic mass is 9.89. The Morgan fingerprint density at radius 2 is 1.73 bits per heavy atom. The van der Waals surface area contributed by atoms with Crippen LogP contribution in [0.4, 0.5) is 10.2 Å². The maximum atomic E-state index is 14.1. The summed E-state index contributed by atoms with van der Waals surface area (Å²) in [7, 11) is 0. The standard InChI is InChI=1S/C33H26ClFN2O3/c1-19-2-5-24(14-25(19)31(38)40-35)28-17-33(28)27-15-26(23-8-6-21(7-9-23)22-10-12-36-13-11-22)29(34)16-30(27)37(32(33)39)18-20-3-4-20/h2,5-16,20,28H,3-4,17-18H2,1H3. The number of benzene rings is 3. The SMILES string of the molecule is Cc1ccc(C2CC23C(=O)N(CC2CC2)c2cc(Cl)c(-c4ccc(-c5ccncc5)cc4)cc23)cc1C(=O)OF. The molecule has 3 aliphatic rings. The second kappa shape index (κ2) is 9.27. The van der Waals surface area contributed by atoms with Crippen LogP contribution in [0.1, 0.15) is 52.2 Å². The van der Waals surface area contributed by atoms with Crippen molar-refractivity contribution in [2.24, 2.45) is 5.92 Å². The summed E-state index contributed by atoms with van der Waals surface area (Å²) in [5.74, 6) is -0.561. The number of aryl methyl sites for hydroxylation is 1. The van der Waals surface area contributed by atoms with E-state index in [1.165, 1.54) is 0 Å². The molecule has 3 aromatic carbocycles. The van der Waals surface area contributed by atoms with Gasteiger partial charge >= 0.3 is 5.97 Å². The summed E-state index contributed by atoms with van der Waals surface area (Å²) in [6.07, 6.45) is 6.41. The molecule has 200 valence electrons. The zero-order valence-electron chi connectivity index (χ0n) is 21.9. The highest BCUT2D eigenvalue weighted by Gasteiger charge is 2.67. The number of halogens is 2. The topological polar surface area (TPSA) is 59.5 Å². The monoisotopic (exact) mass is 552 g/mol. The van der Waals surface area contributed by atoms with Gasteiger partial charge in [0.05, 0.1) is 16.0 Å². The fourth-order valence-electron chi connectivity index (χ4n) is 6.27. The number of hydrogen-bond donors (Lipinski definition) is 0. The zero-order chi connectivity index (χ0) is 27.6. The predicted octanol–water partition coefficient (Wildman–Crippen LogP) is 7.60. The molecule has 0 radical (unpaired) electrons. The van der Waals surface area contributed by atoms with Crippen LogP contribution in [0.15, 0.2) is 79.1 Å². The third-order valence-electron chi connectivity index (χ3n) is 8.75. The molecule has 2 atom stereocenters. The van der Waals surface area contributed by atoms with E-state index >= 15 is 0 Å². The fraction of sp³-hybridized carbons (Fsp3) is 0.242. The molecular formula is C33H26ClFN2O3. The van der Waals surface area contributed by atoms with Gasteiger partial charge in [-0.2, -0.15) is 0 Å². The second-order valence-electron chi connectivity index (χ2n) is 11.2. The first-order valence-corrected chi connectivity index (χ1v) is 13.9. The lowest BCUT2D eigenvalue weighted by Gasteiger charge is -2.18. The lowest BCUT2D eigenvalue weighted by molar-refractivity contribution is -0.120. The summed E-state index contributed by atoms with van der Waals surface area (Å²) in [5, 5.41) is 0.599. The van der Waals surface area contributed by atoms with Crippen molar-refractivity contribution < 1.29 is 19.1 Å². The van der Waals surface area contributed by atoms with Gasteiger partial charge in [0.25, 0.3) is 0 Å². The van der Waals surface area contributed by atoms with Crippen LogP contribution < -0.4 is 4.90 Å².